The zero-order chi connectivity index (χ0) is 13.1. The van der Waals surface area contributed by atoms with Gasteiger partial charge in [-0.1, -0.05) is 31.5 Å². The quantitative estimate of drug-likeness (QED) is 0.911. The van der Waals surface area contributed by atoms with Gasteiger partial charge < -0.3 is 5.32 Å². The van der Waals surface area contributed by atoms with Gasteiger partial charge in [0, 0.05) is 18.1 Å². The van der Waals surface area contributed by atoms with Gasteiger partial charge in [-0.25, -0.2) is 0 Å². The first-order chi connectivity index (χ1) is 8.61. The molecule has 92 valence electrons. The van der Waals surface area contributed by atoms with Gasteiger partial charge >= 0.3 is 0 Å². The summed E-state index contributed by atoms with van der Waals surface area (Å²) in [7, 11) is 0. The Balaban J connectivity index is 2.50. The maximum atomic E-state index is 9.29. The smallest absolute Gasteiger partial charge is 0.104 e. The van der Waals surface area contributed by atoms with Gasteiger partial charge in [-0.3, -0.25) is 4.98 Å². The third-order valence-electron chi connectivity index (χ3n) is 2.63. The van der Waals surface area contributed by atoms with Crippen molar-refractivity contribution in [3.8, 4) is 6.07 Å². The molecule has 1 aromatic heterocycles. The monoisotopic (exact) mass is 259 g/mol. The fourth-order valence-electron chi connectivity index (χ4n) is 1.75. The van der Waals surface area contributed by atoms with E-state index in [1.54, 1.807) is 6.20 Å². The molecule has 0 amide bonds. The summed E-state index contributed by atoms with van der Waals surface area (Å²) >= 11 is 5.90. The van der Waals surface area contributed by atoms with Crippen LogP contribution in [-0.2, 0) is 0 Å². The SMILES string of the molecule is CC(C)CNc1ccc2cc(Cl)cnc2c1C#N. The number of nitriles is 1. The van der Waals surface area contributed by atoms with Gasteiger partial charge in [-0.05, 0) is 18.1 Å². The minimum absolute atomic E-state index is 0.519. The van der Waals surface area contributed by atoms with E-state index in [1.807, 2.05) is 18.2 Å². The normalized spacial score (nSPS) is 10.6. The van der Waals surface area contributed by atoms with Gasteiger partial charge in [-0.15, -0.1) is 0 Å². The molecular weight excluding hydrogens is 246 g/mol. The van der Waals surface area contributed by atoms with Crippen LogP contribution < -0.4 is 5.32 Å². The Morgan fingerprint density at radius 1 is 1.44 bits per heavy atom. The van der Waals surface area contributed by atoms with Crippen LogP contribution in [0.3, 0.4) is 0 Å². The number of fused-ring (bicyclic) bond motifs is 1. The van der Waals surface area contributed by atoms with Crippen molar-refractivity contribution in [2.24, 2.45) is 5.92 Å². The number of aromatic nitrogens is 1. The molecule has 0 spiro atoms. The third-order valence-corrected chi connectivity index (χ3v) is 2.84. The van der Waals surface area contributed by atoms with Gasteiger partial charge in [0.05, 0.1) is 16.2 Å². The Hall–Kier alpha value is -1.79. The standard InChI is InChI=1S/C14H14ClN3/c1-9(2)7-17-13-4-3-10-5-11(15)8-18-14(10)12(13)6-16/h3-5,8-9,17H,7H2,1-2H3. The minimum atomic E-state index is 0.519. The van der Waals surface area contributed by atoms with Crippen molar-refractivity contribution in [3.05, 3.63) is 35.0 Å². The largest absolute Gasteiger partial charge is 0.384 e. The van der Waals surface area contributed by atoms with E-state index in [4.69, 9.17) is 11.6 Å². The Bertz CT molecular complexity index is 614. The van der Waals surface area contributed by atoms with Crippen LogP contribution in [0.1, 0.15) is 19.4 Å². The topological polar surface area (TPSA) is 48.7 Å². The van der Waals surface area contributed by atoms with Crippen LogP contribution in [0.5, 0.6) is 0 Å². The molecule has 1 heterocycles. The lowest BCUT2D eigenvalue weighted by atomic mass is 10.1. The predicted molar refractivity (Wildman–Crippen MR) is 74.8 cm³/mol. The van der Waals surface area contributed by atoms with Crippen LogP contribution in [0, 0.1) is 17.2 Å². The molecule has 0 saturated carbocycles. The fraction of sp³-hybridized carbons (Fsp3) is 0.286. The third kappa shape index (κ3) is 2.55. The number of benzene rings is 1. The summed E-state index contributed by atoms with van der Waals surface area (Å²) in [6.45, 7) is 5.07. The van der Waals surface area contributed by atoms with Crippen LogP contribution >= 0.6 is 11.6 Å². The number of rotatable bonds is 3. The molecular formula is C14H14ClN3. The summed E-state index contributed by atoms with van der Waals surface area (Å²) in [6, 6.07) is 7.86. The van der Waals surface area contributed by atoms with Crippen molar-refractivity contribution in [2.75, 3.05) is 11.9 Å². The minimum Gasteiger partial charge on any atom is -0.384 e. The Morgan fingerprint density at radius 2 is 2.22 bits per heavy atom. The van der Waals surface area contributed by atoms with E-state index in [0.717, 1.165) is 17.6 Å². The van der Waals surface area contributed by atoms with Crippen molar-refractivity contribution >= 4 is 28.2 Å². The van der Waals surface area contributed by atoms with Crippen LogP contribution in [0.15, 0.2) is 24.4 Å². The molecule has 0 fully saturated rings. The number of halogens is 1. The van der Waals surface area contributed by atoms with Crippen molar-refractivity contribution in [3.63, 3.8) is 0 Å². The summed E-state index contributed by atoms with van der Waals surface area (Å²) < 4.78 is 0. The highest BCUT2D eigenvalue weighted by Crippen LogP contribution is 2.26. The molecule has 4 heteroatoms. The van der Waals surface area contributed by atoms with Crippen molar-refractivity contribution in [2.45, 2.75) is 13.8 Å². The Kier molecular flexibility index (Phi) is 3.69. The highest BCUT2D eigenvalue weighted by molar-refractivity contribution is 6.31. The molecule has 1 aromatic carbocycles. The van der Waals surface area contributed by atoms with E-state index in [0.29, 0.717) is 22.0 Å². The first-order valence-corrected chi connectivity index (χ1v) is 6.22. The van der Waals surface area contributed by atoms with Crippen LogP contribution in [0.2, 0.25) is 5.02 Å². The molecule has 1 N–H and O–H groups in total. The van der Waals surface area contributed by atoms with Gasteiger partial charge in [0.2, 0.25) is 0 Å². The van der Waals surface area contributed by atoms with Crippen molar-refractivity contribution in [1.29, 1.82) is 5.26 Å². The number of nitrogens with zero attached hydrogens (tertiary/aromatic N) is 2. The van der Waals surface area contributed by atoms with Gasteiger partial charge in [-0.2, -0.15) is 5.26 Å². The second-order valence-electron chi connectivity index (χ2n) is 4.60. The maximum Gasteiger partial charge on any atom is 0.104 e. The Labute approximate surface area is 111 Å². The molecule has 0 saturated heterocycles. The van der Waals surface area contributed by atoms with Crippen molar-refractivity contribution < 1.29 is 0 Å². The highest BCUT2D eigenvalue weighted by Gasteiger charge is 2.09. The predicted octanol–water partition coefficient (Wildman–Crippen LogP) is 3.83. The second-order valence-corrected chi connectivity index (χ2v) is 5.04. The van der Waals surface area contributed by atoms with Crippen LogP contribution in [0.25, 0.3) is 10.9 Å². The summed E-state index contributed by atoms with van der Waals surface area (Å²) in [5.41, 5.74) is 2.09. The molecule has 0 bridgehead atoms. The van der Waals surface area contributed by atoms with E-state index < -0.39 is 0 Å². The average Bonchev–Trinajstić information content (AvgIpc) is 2.35. The number of nitrogens with one attached hydrogen (secondary N) is 1. The van der Waals surface area contributed by atoms with E-state index >= 15 is 0 Å². The number of anilines is 1. The second kappa shape index (κ2) is 5.24. The molecule has 0 unspecified atom stereocenters. The lowest BCUT2D eigenvalue weighted by Crippen LogP contribution is -2.09. The van der Waals surface area contributed by atoms with Crippen molar-refractivity contribution in [1.82, 2.24) is 4.98 Å². The molecule has 0 atom stereocenters. The first-order valence-electron chi connectivity index (χ1n) is 5.84. The lowest BCUT2D eigenvalue weighted by molar-refractivity contribution is 0.689. The molecule has 0 aliphatic carbocycles. The zero-order valence-electron chi connectivity index (χ0n) is 10.4. The molecule has 0 aliphatic rings. The van der Waals surface area contributed by atoms with Crippen LogP contribution in [-0.4, -0.2) is 11.5 Å². The van der Waals surface area contributed by atoms with Gasteiger partial charge in [0.25, 0.3) is 0 Å². The molecule has 2 aromatic rings. The Morgan fingerprint density at radius 3 is 2.89 bits per heavy atom. The molecule has 18 heavy (non-hydrogen) atoms. The summed E-state index contributed by atoms with van der Waals surface area (Å²) in [4.78, 5) is 4.24. The average molecular weight is 260 g/mol. The maximum absolute atomic E-state index is 9.29. The van der Waals surface area contributed by atoms with E-state index in [-0.39, 0.29) is 0 Å². The lowest BCUT2D eigenvalue weighted by Gasteiger charge is -2.11. The number of pyridine rings is 1. The molecule has 0 aliphatic heterocycles. The molecule has 3 nitrogen and oxygen atoms in total. The fourth-order valence-corrected chi connectivity index (χ4v) is 1.92. The summed E-state index contributed by atoms with van der Waals surface area (Å²) in [5, 5.41) is 14.0. The summed E-state index contributed by atoms with van der Waals surface area (Å²) in [6.07, 6.45) is 1.57. The number of hydrogen-bond donors (Lipinski definition) is 1. The van der Waals surface area contributed by atoms with Gasteiger partial charge in [0.15, 0.2) is 0 Å². The highest BCUT2D eigenvalue weighted by atomic mass is 35.5. The zero-order valence-corrected chi connectivity index (χ0v) is 11.1. The first kappa shape index (κ1) is 12.7. The number of hydrogen-bond acceptors (Lipinski definition) is 3. The van der Waals surface area contributed by atoms with E-state index in [2.05, 4.69) is 30.2 Å². The van der Waals surface area contributed by atoms with E-state index in [1.165, 1.54) is 0 Å². The summed E-state index contributed by atoms with van der Waals surface area (Å²) in [5.74, 6) is 0.519. The molecule has 0 radical (unpaired) electrons. The van der Waals surface area contributed by atoms with E-state index in [9.17, 15) is 5.26 Å². The van der Waals surface area contributed by atoms with Gasteiger partial charge in [0.1, 0.15) is 11.6 Å². The molecule has 2 rings (SSSR count). The van der Waals surface area contributed by atoms with Crippen LogP contribution in [0.4, 0.5) is 5.69 Å².